The number of aryl methyl sites for hydroxylation is 1. The maximum atomic E-state index is 12.1. The zero-order valence-corrected chi connectivity index (χ0v) is 16.2. The molecular formula is C16H31N7O2. The Morgan fingerprint density at radius 1 is 1.36 bits per heavy atom. The van der Waals surface area contributed by atoms with Crippen LogP contribution in [0.5, 0.6) is 0 Å². The van der Waals surface area contributed by atoms with Crippen molar-refractivity contribution in [2.45, 2.75) is 46.8 Å². The second-order valence-corrected chi connectivity index (χ2v) is 6.48. The van der Waals surface area contributed by atoms with E-state index in [-0.39, 0.29) is 6.09 Å². The molecule has 0 aliphatic heterocycles. The highest BCUT2D eigenvalue weighted by molar-refractivity contribution is 5.79. The standard InChI is InChI=1S/C16H31N7O2/c1-7-17-14(19-11-13-20-12-21-22(13)6)18-9-10-23(8-2)15(24)25-16(3,4)5/h12H,7-11H2,1-6H3,(H2,17,18,19). The number of ether oxygens (including phenoxy) is 1. The van der Waals surface area contributed by atoms with E-state index in [9.17, 15) is 4.79 Å². The van der Waals surface area contributed by atoms with Crippen LogP contribution in [0.4, 0.5) is 4.79 Å². The zero-order valence-electron chi connectivity index (χ0n) is 16.2. The third-order valence-electron chi connectivity index (χ3n) is 3.24. The van der Waals surface area contributed by atoms with Gasteiger partial charge in [0.25, 0.3) is 0 Å². The quantitative estimate of drug-likeness (QED) is 0.563. The van der Waals surface area contributed by atoms with E-state index in [0.717, 1.165) is 12.4 Å². The summed E-state index contributed by atoms with van der Waals surface area (Å²) in [4.78, 5) is 22.4. The maximum absolute atomic E-state index is 12.1. The summed E-state index contributed by atoms with van der Waals surface area (Å²) in [5.41, 5.74) is -0.496. The van der Waals surface area contributed by atoms with E-state index >= 15 is 0 Å². The molecule has 0 fully saturated rings. The van der Waals surface area contributed by atoms with Gasteiger partial charge in [-0.05, 0) is 34.6 Å². The van der Waals surface area contributed by atoms with Crippen LogP contribution in [-0.4, -0.2) is 63.5 Å². The van der Waals surface area contributed by atoms with Crippen LogP contribution in [0.25, 0.3) is 0 Å². The number of carbonyl (C=O) groups excluding carboxylic acids is 1. The second-order valence-electron chi connectivity index (χ2n) is 6.48. The third kappa shape index (κ3) is 7.86. The lowest BCUT2D eigenvalue weighted by atomic mass is 10.2. The van der Waals surface area contributed by atoms with Crippen LogP contribution < -0.4 is 10.6 Å². The normalized spacial score (nSPS) is 12.0. The number of carbonyl (C=O) groups is 1. The monoisotopic (exact) mass is 353 g/mol. The molecule has 9 nitrogen and oxygen atoms in total. The highest BCUT2D eigenvalue weighted by Gasteiger charge is 2.20. The average Bonchev–Trinajstić information content (AvgIpc) is 2.92. The summed E-state index contributed by atoms with van der Waals surface area (Å²) in [6, 6.07) is 0. The molecule has 0 unspecified atom stereocenters. The van der Waals surface area contributed by atoms with Crippen molar-refractivity contribution in [2.75, 3.05) is 26.2 Å². The number of aliphatic imine (C=N–C) groups is 1. The van der Waals surface area contributed by atoms with Gasteiger partial charge < -0.3 is 20.3 Å². The van der Waals surface area contributed by atoms with E-state index < -0.39 is 5.60 Å². The van der Waals surface area contributed by atoms with Crippen LogP contribution in [0, 0.1) is 0 Å². The zero-order chi connectivity index (χ0) is 18.9. The number of guanidine groups is 1. The molecule has 1 aromatic heterocycles. The molecule has 0 aromatic carbocycles. The van der Waals surface area contributed by atoms with Crippen LogP contribution in [0.2, 0.25) is 0 Å². The van der Waals surface area contributed by atoms with Crippen LogP contribution >= 0.6 is 0 Å². The van der Waals surface area contributed by atoms with Crippen LogP contribution in [0.1, 0.15) is 40.4 Å². The minimum Gasteiger partial charge on any atom is -0.444 e. The van der Waals surface area contributed by atoms with Crippen molar-refractivity contribution in [1.82, 2.24) is 30.3 Å². The number of nitrogens with one attached hydrogen (secondary N) is 2. The Morgan fingerprint density at radius 3 is 2.60 bits per heavy atom. The van der Waals surface area contributed by atoms with Gasteiger partial charge in [0, 0.05) is 33.2 Å². The van der Waals surface area contributed by atoms with Crippen LogP contribution in [0.3, 0.4) is 0 Å². The number of rotatable bonds is 7. The smallest absolute Gasteiger partial charge is 0.410 e. The molecular weight excluding hydrogens is 322 g/mol. The van der Waals surface area contributed by atoms with Gasteiger partial charge in [-0.1, -0.05) is 0 Å². The fourth-order valence-electron chi connectivity index (χ4n) is 1.97. The maximum Gasteiger partial charge on any atom is 0.410 e. The van der Waals surface area contributed by atoms with Gasteiger partial charge in [-0.25, -0.2) is 14.8 Å². The Bertz CT molecular complexity index is 563. The summed E-state index contributed by atoms with van der Waals surface area (Å²) >= 11 is 0. The Hall–Kier alpha value is -2.32. The molecule has 142 valence electrons. The molecule has 0 aliphatic rings. The van der Waals surface area contributed by atoms with Gasteiger partial charge in [0.15, 0.2) is 5.96 Å². The summed E-state index contributed by atoms with van der Waals surface area (Å²) in [6.45, 7) is 12.4. The molecule has 0 spiro atoms. The first-order valence-corrected chi connectivity index (χ1v) is 8.59. The van der Waals surface area contributed by atoms with E-state index in [0.29, 0.717) is 32.1 Å². The number of hydrogen-bond acceptors (Lipinski definition) is 5. The Kier molecular flexibility index (Phi) is 8.17. The number of nitrogens with zero attached hydrogens (tertiary/aromatic N) is 5. The second kappa shape index (κ2) is 9.85. The van der Waals surface area contributed by atoms with E-state index in [2.05, 4.69) is 25.7 Å². The summed E-state index contributed by atoms with van der Waals surface area (Å²) in [7, 11) is 1.83. The van der Waals surface area contributed by atoms with Crippen LogP contribution in [0.15, 0.2) is 11.3 Å². The molecule has 0 radical (unpaired) electrons. The van der Waals surface area contributed by atoms with Gasteiger partial charge in [0.1, 0.15) is 24.3 Å². The van der Waals surface area contributed by atoms with Gasteiger partial charge in [-0.3, -0.25) is 4.68 Å². The predicted octanol–water partition coefficient (Wildman–Crippen LogP) is 1.13. The molecule has 2 N–H and O–H groups in total. The minimum atomic E-state index is -0.496. The minimum absolute atomic E-state index is 0.308. The SMILES string of the molecule is CCNC(=NCc1ncnn1C)NCCN(CC)C(=O)OC(C)(C)C. The lowest BCUT2D eigenvalue weighted by molar-refractivity contribution is 0.0264. The molecule has 0 aliphatic carbocycles. The molecule has 0 atom stereocenters. The van der Waals surface area contributed by atoms with Crippen molar-refractivity contribution in [3.8, 4) is 0 Å². The van der Waals surface area contributed by atoms with Gasteiger partial charge >= 0.3 is 6.09 Å². The van der Waals surface area contributed by atoms with Gasteiger partial charge in [-0.2, -0.15) is 5.10 Å². The van der Waals surface area contributed by atoms with Crippen molar-refractivity contribution < 1.29 is 9.53 Å². The lowest BCUT2D eigenvalue weighted by Crippen LogP contribution is -2.44. The Balaban J connectivity index is 2.53. The third-order valence-corrected chi connectivity index (χ3v) is 3.24. The molecule has 0 bridgehead atoms. The van der Waals surface area contributed by atoms with Gasteiger partial charge in [0.05, 0.1) is 0 Å². The summed E-state index contributed by atoms with van der Waals surface area (Å²) < 4.78 is 7.09. The number of hydrogen-bond donors (Lipinski definition) is 2. The molecule has 1 rings (SSSR count). The van der Waals surface area contributed by atoms with Crippen molar-refractivity contribution in [3.05, 3.63) is 12.2 Å². The predicted molar refractivity (Wildman–Crippen MR) is 97.3 cm³/mol. The summed E-state index contributed by atoms with van der Waals surface area (Å²) in [5, 5.41) is 10.4. The Labute approximate surface area is 149 Å². The molecule has 9 heteroatoms. The molecule has 1 heterocycles. The number of amides is 1. The van der Waals surface area contributed by atoms with E-state index in [1.165, 1.54) is 6.33 Å². The first-order chi connectivity index (χ1) is 11.8. The van der Waals surface area contributed by atoms with Crippen molar-refractivity contribution in [2.24, 2.45) is 12.0 Å². The molecule has 0 saturated heterocycles. The highest BCUT2D eigenvalue weighted by atomic mass is 16.6. The number of aromatic nitrogens is 3. The summed E-state index contributed by atoms with van der Waals surface area (Å²) in [5.74, 6) is 1.45. The first kappa shape index (κ1) is 20.7. The van der Waals surface area contributed by atoms with E-state index in [1.54, 1.807) is 9.58 Å². The molecule has 1 aromatic rings. The number of likely N-dealkylation sites (N-methyl/N-ethyl adjacent to an activating group) is 1. The van der Waals surface area contributed by atoms with Crippen molar-refractivity contribution in [1.29, 1.82) is 0 Å². The lowest BCUT2D eigenvalue weighted by Gasteiger charge is -2.26. The van der Waals surface area contributed by atoms with E-state index in [4.69, 9.17) is 4.74 Å². The van der Waals surface area contributed by atoms with Crippen molar-refractivity contribution in [3.63, 3.8) is 0 Å². The fourth-order valence-corrected chi connectivity index (χ4v) is 1.97. The summed E-state index contributed by atoms with van der Waals surface area (Å²) in [6.07, 6.45) is 1.20. The Morgan fingerprint density at radius 2 is 2.08 bits per heavy atom. The largest absolute Gasteiger partial charge is 0.444 e. The molecule has 1 amide bonds. The molecule has 25 heavy (non-hydrogen) atoms. The van der Waals surface area contributed by atoms with Gasteiger partial charge in [-0.15, -0.1) is 0 Å². The average molecular weight is 353 g/mol. The topological polar surface area (TPSA) is 96.7 Å². The fraction of sp³-hybridized carbons (Fsp3) is 0.750. The van der Waals surface area contributed by atoms with Gasteiger partial charge in [0.2, 0.25) is 0 Å². The van der Waals surface area contributed by atoms with Crippen LogP contribution in [-0.2, 0) is 18.3 Å². The van der Waals surface area contributed by atoms with Crippen molar-refractivity contribution >= 4 is 12.1 Å². The first-order valence-electron chi connectivity index (χ1n) is 8.59. The van der Waals surface area contributed by atoms with E-state index in [1.807, 2.05) is 41.7 Å². The highest BCUT2D eigenvalue weighted by Crippen LogP contribution is 2.09. The molecule has 0 saturated carbocycles.